The summed E-state index contributed by atoms with van der Waals surface area (Å²) in [5.41, 5.74) is 0. The van der Waals surface area contributed by atoms with Gasteiger partial charge in [-0.3, -0.25) is 4.79 Å². The molecule has 7 heteroatoms. The summed E-state index contributed by atoms with van der Waals surface area (Å²) >= 11 is 3.38. The van der Waals surface area contributed by atoms with Gasteiger partial charge in [-0.2, -0.15) is 0 Å². The van der Waals surface area contributed by atoms with Gasteiger partial charge in [-0.1, -0.05) is 11.8 Å². The fourth-order valence-electron chi connectivity index (χ4n) is 0.538. The van der Waals surface area contributed by atoms with Gasteiger partial charge in [0.25, 0.3) is 0 Å². The number of halogens is 2. The highest BCUT2D eigenvalue weighted by atomic mass is 127. The lowest BCUT2D eigenvalue weighted by Crippen LogP contribution is -2.30. The topological polar surface area (TPSA) is 55.8 Å². The molecule has 1 unspecified atom stereocenters. The Morgan fingerprint density at radius 3 is 2.56 bits per heavy atom. The quantitative estimate of drug-likeness (QED) is 0.215. The van der Waals surface area contributed by atoms with Crippen LogP contribution in [0.15, 0.2) is 0 Å². The first kappa shape index (κ1) is 15.3. The highest BCUT2D eigenvalue weighted by Crippen LogP contribution is 2.06. The molecule has 0 saturated carbocycles. The van der Waals surface area contributed by atoms with Gasteiger partial charge in [0.15, 0.2) is 6.61 Å². The predicted octanol–water partition coefficient (Wildman–Crippen LogP) is 1.35. The van der Waals surface area contributed by atoms with Crippen LogP contribution in [0, 0.1) is 24.7 Å². The second-order valence-corrected chi connectivity index (χ2v) is 4.55. The maximum Gasteiger partial charge on any atom is 0.420 e. The zero-order valence-corrected chi connectivity index (χ0v) is 12.3. The zero-order chi connectivity index (χ0) is 12.6. The van der Waals surface area contributed by atoms with Gasteiger partial charge in [0, 0.05) is 0 Å². The van der Waals surface area contributed by atoms with Crippen LogP contribution in [0.5, 0.6) is 0 Å². The Morgan fingerprint density at radius 1 is 1.44 bits per heavy atom. The molecule has 16 heavy (non-hydrogen) atoms. The van der Waals surface area contributed by atoms with Gasteiger partial charge in [0.05, 0.1) is 22.9 Å². The van der Waals surface area contributed by atoms with E-state index < -0.39 is 16.2 Å². The lowest BCUT2D eigenvalue weighted by Gasteiger charge is -2.13. The van der Waals surface area contributed by atoms with E-state index in [0.29, 0.717) is 0 Å². The van der Waals surface area contributed by atoms with Crippen molar-refractivity contribution in [3.63, 3.8) is 0 Å². The normalized spacial score (nSPS) is 10.5. The number of esters is 1. The van der Waals surface area contributed by atoms with Crippen molar-refractivity contribution in [3.05, 3.63) is 0 Å². The molecule has 0 aromatic heterocycles. The second kappa shape index (κ2) is 8.47. The Labute approximate surface area is 121 Å². The summed E-state index contributed by atoms with van der Waals surface area (Å²) < 4.78 is 9.68. The third-order valence-electron chi connectivity index (χ3n) is 1.11. The first-order valence-electron chi connectivity index (χ1n) is 3.84. The van der Waals surface area contributed by atoms with Gasteiger partial charge >= 0.3 is 12.1 Å². The molecule has 0 aromatic carbocycles. The van der Waals surface area contributed by atoms with Gasteiger partial charge in [0.1, 0.15) is 6.54 Å². The first-order valence-corrected chi connectivity index (χ1v) is 6.05. The Bertz CT molecular complexity index is 344. The molecule has 5 nitrogen and oxygen atoms in total. The molecular formula is C9H7I2NO4. The average molecular weight is 447 g/mol. The van der Waals surface area contributed by atoms with Crippen molar-refractivity contribution < 1.29 is 19.1 Å². The molecule has 0 heterocycles. The largest absolute Gasteiger partial charge is 0.438 e. The van der Waals surface area contributed by atoms with E-state index in [1.807, 2.05) is 0 Å². The summed E-state index contributed by atoms with van der Waals surface area (Å²) in [6.45, 7) is -0.405. The van der Waals surface area contributed by atoms with Crippen LogP contribution in [-0.4, -0.2) is 32.4 Å². The standard InChI is InChI=1S/C9H7I2NO4/c1-3-5-15-9(14)12(11)6-8(13)16-7(10)4-2/h1-2,7H,5-6H2. The molecule has 86 valence electrons. The second-order valence-electron chi connectivity index (χ2n) is 2.25. The van der Waals surface area contributed by atoms with E-state index in [2.05, 4.69) is 16.6 Å². The molecule has 0 N–H and O–H groups in total. The van der Waals surface area contributed by atoms with Gasteiger partial charge in [-0.05, 0) is 22.6 Å². The molecule has 0 spiro atoms. The van der Waals surface area contributed by atoms with Crippen molar-refractivity contribution in [1.29, 1.82) is 0 Å². The maximum absolute atomic E-state index is 11.2. The first-order chi connectivity index (χ1) is 7.51. The van der Waals surface area contributed by atoms with Crippen LogP contribution in [0.4, 0.5) is 4.79 Å². The number of hydrogen-bond acceptors (Lipinski definition) is 4. The number of alkyl halides is 1. The molecular weight excluding hydrogens is 440 g/mol. The Kier molecular flexibility index (Phi) is 8.11. The third-order valence-corrected chi connectivity index (χ3v) is 2.46. The maximum atomic E-state index is 11.2. The van der Waals surface area contributed by atoms with Crippen molar-refractivity contribution in [3.8, 4) is 24.7 Å². The smallest absolute Gasteiger partial charge is 0.420 e. The average Bonchev–Trinajstić information content (AvgIpc) is 2.25. The van der Waals surface area contributed by atoms with E-state index in [9.17, 15) is 9.59 Å². The van der Waals surface area contributed by atoms with Crippen molar-refractivity contribution in [1.82, 2.24) is 3.11 Å². The molecule has 0 aliphatic heterocycles. The number of terminal acetylenes is 2. The highest BCUT2D eigenvalue weighted by molar-refractivity contribution is 14.1. The van der Waals surface area contributed by atoms with Gasteiger partial charge in [0.2, 0.25) is 4.11 Å². The lowest BCUT2D eigenvalue weighted by atomic mass is 10.6. The van der Waals surface area contributed by atoms with Crippen LogP contribution in [0.25, 0.3) is 0 Å². The van der Waals surface area contributed by atoms with Crippen LogP contribution in [-0.2, 0) is 14.3 Å². The van der Waals surface area contributed by atoms with Crippen LogP contribution >= 0.6 is 45.5 Å². The minimum Gasteiger partial charge on any atom is -0.438 e. The molecule has 0 rings (SSSR count). The summed E-state index contributed by atoms with van der Waals surface area (Å²) in [5, 5.41) is 0. The number of nitrogens with zero attached hydrogens (tertiary/aromatic N) is 1. The lowest BCUT2D eigenvalue weighted by molar-refractivity contribution is -0.142. The fraction of sp³-hybridized carbons (Fsp3) is 0.333. The number of amides is 1. The van der Waals surface area contributed by atoms with E-state index in [1.165, 1.54) is 0 Å². The summed E-state index contributed by atoms with van der Waals surface area (Å²) in [6.07, 6.45) is 9.20. The SMILES string of the molecule is C#CCOC(=O)N(I)CC(=O)OC(I)C#C. The highest BCUT2D eigenvalue weighted by Gasteiger charge is 2.17. The molecule has 0 fully saturated rings. The van der Waals surface area contributed by atoms with Crippen LogP contribution < -0.4 is 0 Å². The van der Waals surface area contributed by atoms with Crippen LogP contribution in [0.3, 0.4) is 0 Å². The van der Waals surface area contributed by atoms with Crippen molar-refractivity contribution >= 4 is 57.5 Å². The Hall–Kier alpha value is -0.680. The number of rotatable bonds is 4. The Morgan fingerprint density at radius 2 is 2.06 bits per heavy atom. The van der Waals surface area contributed by atoms with E-state index >= 15 is 0 Å². The summed E-state index contributed by atoms with van der Waals surface area (Å²) in [5.74, 6) is 3.72. The van der Waals surface area contributed by atoms with E-state index in [1.54, 1.807) is 45.5 Å². The summed E-state index contributed by atoms with van der Waals surface area (Å²) in [4.78, 5) is 22.3. The number of carbonyl (C=O) groups is 2. The van der Waals surface area contributed by atoms with E-state index in [-0.39, 0.29) is 13.2 Å². The van der Waals surface area contributed by atoms with Crippen molar-refractivity contribution in [2.75, 3.05) is 13.2 Å². The minimum atomic E-state index is -0.707. The van der Waals surface area contributed by atoms with E-state index in [4.69, 9.17) is 17.6 Å². The molecule has 0 radical (unpaired) electrons. The van der Waals surface area contributed by atoms with Gasteiger partial charge in [-0.25, -0.2) is 7.91 Å². The molecule has 0 bridgehead atoms. The van der Waals surface area contributed by atoms with E-state index in [0.717, 1.165) is 3.11 Å². The molecule has 1 atom stereocenters. The van der Waals surface area contributed by atoms with Crippen LogP contribution in [0.1, 0.15) is 0 Å². The van der Waals surface area contributed by atoms with Gasteiger partial charge in [-0.15, -0.1) is 12.8 Å². The number of hydrogen-bond donors (Lipinski definition) is 0. The fourth-order valence-corrected chi connectivity index (χ4v) is 1.24. The zero-order valence-electron chi connectivity index (χ0n) is 7.98. The van der Waals surface area contributed by atoms with Crippen molar-refractivity contribution in [2.45, 2.75) is 4.11 Å². The summed E-state index contributed by atoms with van der Waals surface area (Å²) in [6, 6.07) is 0. The van der Waals surface area contributed by atoms with Crippen molar-refractivity contribution in [2.24, 2.45) is 0 Å². The minimum absolute atomic E-state index is 0.146. The number of carbonyl (C=O) groups excluding carboxylic acids is 2. The number of ether oxygens (including phenoxy) is 2. The molecule has 1 amide bonds. The molecule has 0 aromatic rings. The predicted molar refractivity (Wildman–Crippen MR) is 73.6 cm³/mol. The third kappa shape index (κ3) is 6.74. The molecule has 0 saturated heterocycles. The van der Waals surface area contributed by atoms with Crippen LogP contribution in [0.2, 0.25) is 0 Å². The summed E-state index contributed by atoms with van der Waals surface area (Å²) in [7, 11) is 0. The monoisotopic (exact) mass is 447 g/mol. The molecule has 0 aliphatic carbocycles. The molecule has 0 aliphatic rings. The Balaban J connectivity index is 4.01. The van der Waals surface area contributed by atoms with Gasteiger partial charge < -0.3 is 9.47 Å².